The average Bonchev–Trinajstić information content (AvgIpc) is 2.22. The summed E-state index contributed by atoms with van der Waals surface area (Å²) in [5, 5.41) is 12.5. The summed E-state index contributed by atoms with van der Waals surface area (Å²) in [4.78, 5) is 11.7. The maximum Gasteiger partial charge on any atom is 0.184 e. The number of carbonyl (C=O) groups excluding carboxylic acids is 1. The van der Waals surface area contributed by atoms with Crippen molar-refractivity contribution in [2.45, 2.75) is 6.92 Å². The Morgan fingerprint density at radius 3 is 2.73 bits per heavy atom. The fourth-order valence-corrected chi connectivity index (χ4v) is 1.37. The molecule has 1 aromatic carbocycles. The highest BCUT2D eigenvalue weighted by atomic mass is 16.5. The van der Waals surface area contributed by atoms with Crippen LogP contribution in [0.2, 0.25) is 0 Å². The number of aromatic hydroxyl groups is 1. The molecule has 0 amide bonds. The van der Waals surface area contributed by atoms with Crippen LogP contribution in [0, 0.1) is 6.92 Å². The van der Waals surface area contributed by atoms with Gasteiger partial charge < -0.3 is 15.2 Å². The standard InChI is InChI=1S/C11H15NO3/c1-7-4-5-9(15-3)10(11(7)14)8(13)6-12-2/h4-5,12,14H,6H2,1-3H3. The maximum absolute atomic E-state index is 11.7. The number of methoxy groups -OCH3 is 1. The Bertz CT molecular complexity index is 374. The first-order valence-corrected chi connectivity index (χ1v) is 4.66. The minimum Gasteiger partial charge on any atom is -0.507 e. The normalized spacial score (nSPS) is 10.1. The fraction of sp³-hybridized carbons (Fsp3) is 0.364. The van der Waals surface area contributed by atoms with Crippen molar-refractivity contribution in [3.63, 3.8) is 0 Å². The van der Waals surface area contributed by atoms with Gasteiger partial charge in [0, 0.05) is 0 Å². The van der Waals surface area contributed by atoms with Crippen LogP contribution in [-0.2, 0) is 0 Å². The van der Waals surface area contributed by atoms with Crippen molar-refractivity contribution in [3.8, 4) is 11.5 Å². The number of hydrogen-bond donors (Lipinski definition) is 2. The lowest BCUT2D eigenvalue weighted by Crippen LogP contribution is -2.19. The predicted molar refractivity (Wildman–Crippen MR) is 57.7 cm³/mol. The van der Waals surface area contributed by atoms with E-state index in [-0.39, 0.29) is 23.6 Å². The van der Waals surface area contributed by atoms with Gasteiger partial charge in [-0.05, 0) is 25.6 Å². The Labute approximate surface area is 88.9 Å². The number of likely N-dealkylation sites (N-methyl/N-ethyl adjacent to an activating group) is 1. The summed E-state index contributed by atoms with van der Waals surface area (Å²) in [6.45, 7) is 1.91. The van der Waals surface area contributed by atoms with E-state index in [0.29, 0.717) is 11.3 Å². The third kappa shape index (κ3) is 2.27. The first-order chi connectivity index (χ1) is 7.11. The van der Waals surface area contributed by atoms with Gasteiger partial charge in [-0.25, -0.2) is 0 Å². The lowest BCUT2D eigenvalue weighted by atomic mass is 10.0. The van der Waals surface area contributed by atoms with Crippen molar-refractivity contribution >= 4 is 5.78 Å². The third-order valence-corrected chi connectivity index (χ3v) is 2.18. The average molecular weight is 209 g/mol. The molecule has 0 saturated carbocycles. The summed E-state index contributed by atoms with van der Waals surface area (Å²) < 4.78 is 5.04. The number of phenols is 1. The van der Waals surface area contributed by atoms with Gasteiger partial charge in [-0.1, -0.05) is 6.07 Å². The number of ketones is 1. The van der Waals surface area contributed by atoms with E-state index in [4.69, 9.17) is 4.74 Å². The molecule has 0 aliphatic carbocycles. The SMILES string of the molecule is CNCC(=O)c1c(OC)ccc(C)c1O. The molecule has 0 fully saturated rings. The second-order valence-corrected chi connectivity index (χ2v) is 3.26. The summed E-state index contributed by atoms with van der Waals surface area (Å²) in [6, 6.07) is 3.39. The van der Waals surface area contributed by atoms with E-state index >= 15 is 0 Å². The molecule has 4 nitrogen and oxygen atoms in total. The molecule has 0 aromatic heterocycles. The highest BCUT2D eigenvalue weighted by Crippen LogP contribution is 2.30. The van der Waals surface area contributed by atoms with Crippen LogP contribution in [0.3, 0.4) is 0 Å². The summed E-state index contributed by atoms with van der Waals surface area (Å²) in [5.41, 5.74) is 0.905. The minimum absolute atomic E-state index is 0.00500. The second-order valence-electron chi connectivity index (χ2n) is 3.26. The predicted octanol–water partition coefficient (Wildman–Crippen LogP) is 1.11. The molecule has 0 unspecified atom stereocenters. The van der Waals surface area contributed by atoms with Crippen LogP contribution >= 0.6 is 0 Å². The van der Waals surface area contributed by atoms with Crippen molar-refractivity contribution in [2.24, 2.45) is 0 Å². The van der Waals surface area contributed by atoms with E-state index in [1.807, 2.05) is 0 Å². The molecule has 1 rings (SSSR count). The molecule has 0 heterocycles. The number of nitrogens with one attached hydrogen (secondary N) is 1. The van der Waals surface area contributed by atoms with Crippen LogP contribution in [0.25, 0.3) is 0 Å². The lowest BCUT2D eigenvalue weighted by Gasteiger charge is -2.11. The molecule has 0 radical (unpaired) electrons. The van der Waals surface area contributed by atoms with E-state index in [1.165, 1.54) is 7.11 Å². The van der Waals surface area contributed by atoms with Gasteiger partial charge in [0.25, 0.3) is 0 Å². The van der Waals surface area contributed by atoms with Crippen LogP contribution in [-0.4, -0.2) is 31.6 Å². The molecule has 0 saturated heterocycles. The summed E-state index contributed by atoms with van der Waals surface area (Å²) in [5.74, 6) is 0.212. The summed E-state index contributed by atoms with van der Waals surface area (Å²) >= 11 is 0. The van der Waals surface area contributed by atoms with Gasteiger partial charge in [0.15, 0.2) is 5.78 Å². The van der Waals surface area contributed by atoms with Gasteiger partial charge in [0.1, 0.15) is 17.1 Å². The van der Waals surface area contributed by atoms with Gasteiger partial charge in [-0.3, -0.25) is 4.79 Å². The van der Waals surface area contributed by atoms with Crippen molar-refractivity contribution < 1.29 is 14.6 Å². The Hall–Kier alpha value is -1.55. The Morgan fingerprint density at radius 1 is 1.53 bits per heavy atom. The van der Waals surface area contributed by atoms with E-state index in [9.17, 15) is 9.90 Å². The zero-order valence-electron chi connectivity index (χ0n) is 9.13. The van der Waals surface area contributed by atoms with Gasteiger partial charge in [0.05, 0.1) is 13.7 Å². The number of rotatable bonds is 4. The molecule has 0 bridgehead atoms. The zero-order chi connectivity index (χ0) is 11.4. The first-order valence-electron chi connectivity index (χ1n) is 4.66. The van der Waals surface area contributed by atoms with Crippen molar-refractivity contribution in [2.75, 3.05) is 20.7 Å². The summed E-state index contributed by atoms with van der Waals surface area (Å²) in [7, 11) is 3.15. The molecule has 15 heavy (non-hydrogen) atoms. The minimum atomic E-state index is -0.185. The van der Waals surface area contributed by atoms with E-state index in [2.05, 4.69) is 5.32 Å². The smallest absolute Gasteiger partial charge is 0.184 e. The quantitative estimate of drug-likeness (QED) is 0.729. The Morgan fingerprint density at radius 2 is 2.20 bits per heavy atom. The number of phenolic OH excluding ortho intramolecular Hbond substituents is 1. The van der Waals surface area contributed by atoms with Crippen molar-refractivity contribution in [1.82, 2.24) is 5.32 Å². The van der Waals surface area contributed by atoms with E-state index in [0.717, 1.165) is 0 Å². The molecule has 1 aromatic rings. The lowest BCUT2D eigenvalue weighted by molar-refractivity contribution is 0.0988. The largest absolute Gasteiger partial charge is 0.507 e. The number of aryl methyl sites for hydroxylation is 1. The number of carbonyl (C=O) groups is 1. The third-order valence-electron chi connectivity index (χ3n) is 2.18. The molecule has 0 aliphatic rings. The summed E-state index contributed by atoms with van der Waals surface area (Å²) in [6.07, 6.45) is 0. The van der Waals surface area contributed by atoms with E-state index < -0.39 is 0 Å². The monoisotopic (exact) mass is 209 g/mol. The van der Waals surface area contributed by atoms with Crippen molar-refractivity contribution in [3.05, 3.63) is 23.3 Å². The molecular weight excluding hydrogens is 194 g/mol. The van der Waals surface area contributed by atoms with Crippen LogP contribution in [0.5, 0.6) is 11.5 Å². The van der Waals surface area contributed by atoms with Gasteiger partial charge in [-0.2, -0.15) is 0 Å². The Kier molecular flexibility index (Phi) is 3.68. The molecule has 82 valence electrons. The number of benzene rings is 1. The number of Topliss-reactive ketones (excluding diaryl/α,β-unsaturated/α-hetero) is 1. The molecule has 0 spiro atoms. The van der Waals surface area contributed by atoms with Crippen LogP contribution < -0.4 is 10.1 Å². The van der Waals surface area contributed by atoms with Crippen LogP contribution in [0.1, 0.15) is 15.9 Å². The number of hydrogen-bond acceptors (Lipinski definition) is 4. The van der Waals surface area contributed by atoms with E-state index in [1.54, 1.807) is 26.1 Å². The molecule has 2 N–H and O–H groups in total. The van der Waals surface area contributed by atoms with Crippen molar-refractivity contribution in [1.29, 1.82) is 0 Å². The first kappa shape index (κ1) is 11.5. The second kappa shape index (κ2) is 4.79. The number of ether oxygens (including phenoxy) is 1. The van der Waals surface area contributed by atoms with Crippen LogP contribution in [0.15, 0.2) is 12.1 Å². The fourth-order valence-electron chi connectivity index (χ4n) is 1.37. The molecular formula is C11H15NO3. The van der Waals surface area contributed by atoms with Gasteiger partial charge in [0.2, 0.25) is 0 Å². The highest BCUT2D eigenvalue weighted by Gasteiger charge is 2.17. The van der Waals surface area contributed by atoms with Crippen LogP contribution in [0.4, 0.5) is 0 Å². The molecule has 0 aliphatic heterocycles. The highest BCUT2D eigenvalue weighted by molar-refractivity contribution is 6.02. The maximum atomic E-state index is 11.7. The van der Waals surface area contributed by atoms with Gasteiger partial charge >= 0.3 is 0 Å². The Balaban J connectivity index is 3.23. The molecule has 4 heteroatoms. The van der Waals surface area contributed by atoms with Gasteiger partial charge in [-0.15, -0.1) is 0 Å². The topological polar surface area (TPSA) is 58.6 Å². The zero-order valence-corrected chi connectivity index (χ0v) is 9.13. The molecule has 0 atom stereocenters.